The van der Waals surface area contributed by atoms with Crippen molar-refractivity contribution in [2.45, 2.75) is 11.8 Å². The third-order valence-corrected chi connectivity index (χ3v) is 9.84. The van der Waals surface area contributed by atoms with E-state index in [4.69, 9.17) is 0 Å². The van der Waals surface area contributed by atoms with E-state index in [1.54, 1.807) is 11.8 Å². The quantitative estimate of drug-likeness (QED) is 0.162. The van der Waals surface area contributed by atoms with Gasteiger partial charge in [0.15, 0.2) is 7.14 Å². The van der Waals surface area contributed by atoms with Crippen LogP contribution < -0.4 is 10.6 Å². The second-order valence-corrected chi connectivity index (χ2v) is 11.3. The number of rotatable bonds is 7. The molecule has 0 fully saturated rings. The molecule has 3 heteroatoms. The SMILES string of the molecule is C=C(C(Sc1ccccc1)=C(C)c1ccccc1)P(=O)(c1ccccc1)c1ccccc1. The van der Waals surface area contributed by atoms with E-state index in [-0.39, 0.29) is 0 Å². The van der Waals surface area contributed by atoms with Gasteiger partial charge in [-0.3, -0.25) is 0 Å². The lowest BCUT2D eigenvalue weighted by molar-refractivity contribution is 0.591. The third-order valence-electron chi connectivity index (χ3n) is 5.39. The van der Waals surface area contributed by atoms with Crippen LogP contribution >= 0.6 is 18.9 Å². The molecule has 0 amide bonds. The predicted molar refractivity (Wildman–Crippen MR) is 140 cm³/mol. The molecule has 4 aromatic rings. The zero-order valence-electron chi connectivity index (χ0n) is 18.0. The minimum Gasteiger partial charge on any atom is -0.309 e. The van der Waals surface area contributed by atoms with E-state index in [0.29, 0.717) is 5.31 Å². The van der Waals surface area contributed by atoms with Gasteiger partial charge in [-0.2, -0.15) is 0 Å². The van der Waals surface area contributed by atoms with Crippen molar-refractivity contribution in [2.24, 2.45) is 0 Å². The van der Waals surface area contributed by atoms with Crippen molar-refractivity contribution in [1.29, 1.82) is 0 Å². The van der Waals surface area contributed by atoms with E-state index < -0.39 is 7.14 Å². The van der Waals surface area contributed by atoms with Crippen molar-refractivity contribution >= 4 is 35.1 Å². The highest BCUT2D eigenvalue weighted by atomic mass is 32.2. The zero-order chi connectivity index (χ0) is 22.4. The van der Waals surface area contributed by atoms with Crippen LogP contribution in [-0.2, 0) is 4.57 Å². The molecule has 0 N–H and O–H groups in total. The summed E-state index contributed by atoms with van der Waals surface area (Å²) in [5.41, 5.74) is 2.16. The van der Waals surface area contributed by atoms with Crippen molar-refractivity contribution in [3.63, 3.8) is 0 Å². The molecule has 4 rings (SSSR count). The van der Waals surface area contributed by atoms with Crippen LogP contribution in [0.5, 0.6) is 0 Å². The van der Waals surface area contributed by atoms with Gasteiger partial charge in [-0.05, 0) is 30.2 Å². The number of hydrogen-bond acceptors (Lipinski definition) is 2. The number of benzene rings is 4. The maximum atomic E-state index is 14.9. The highest BCUT2D eigenvalue weighted by Crippen LogP contribution is 2.58. The standard InChI is InChI=1S/C29H25OPS/c1-23(25-15-7-3-8-16-25)29(32-28-21-13-6-14-22-28)24(2)31(30,26-17-9-4-10-18-26)27-19-11-5-12-20-27/h3-22H,2H2,1H3. The Balaban J connectivity index is 1.93. The fraction of sp³-hybridized carbons (Fsp3) is 0.0345. The van der Waals surface area contributed by atoms with E-state index in [2.05, 4.69) is 37.8 Å². The number of thioether (sulfide) groups is 1. The molecule has 4 aromatic carbocycles. The molecule has 0 unspecified atom stereocenters. The Morgan fingerprint density at radius 3 is 1.53 bits per heavy atom. The summed E-state index contributed by atoms with van der Waals surface area (Å²) >= 11 is 1.62. The topological polar surface area (TPSA) is 17.1 Å². The first kappa shape index (κ1) is 22.1. The van der Waals surface area contributed by atoms with Gasteiger partial charge in [0.05, 0.1) is 0 Å². The summed E-state index contributed by atoms with van der Waals surface area (Å²) < 4.78 is 14.9. The first-order chi connectivity index (χ1) is 15.6. The Bertz CT molecular complexity index is 1220. The molecule has 1 nitrogen and oxygen atoms in total. The Kier molecular flexibility index (Phi) is 6.95. The van der Waals surface area contributed by atoms with Gasteiger partial charge in [0, 0.05) is 25.7 Å². The van der Waals surface area contributed by atoms with Gasteiger partial charge in [0.2, 0.25) is 0 Å². The Hall–Kier alpha value is -3.06. The van der Waals surface area contributed by atoms with E-state index in [0.717, 1.165) is 31.5 Å². The fourth-order valence-corrected chi connectivity index (χ4v) is 7.66. The minimum absolute atomic E-state index is 0.658. The average Bonchev–Trinajstić information content (AvgIpc) is 2.88. The lowest BCUT2D eigenvalue weighted by Gasteiger charge is -2.25. The van der Waals surface area contributed by atoms with Crippen LogP contribution in [0.1, 0.15) is 12.5 Å². The molecule has 0 bridgehead atoms. The first-order valence-electron chi connectivity index (χ1n) is 10.5. The van der Waals surface area contributed by atoms with Gasteiger partial charge in [-0.15, -0.1) is 0 Å². The minimum atomic E-state index is -3.16. The lowest BCUT2D eigenvalue weighted by Crippen LogP contribution is -2.17. The highest BCUT2D eigenvalue weighted by molar-refractivity contribution is 8.04. The number of allylic oxidation sites excluding steroid dienone is 2. The molecule has 0 saturated carbocycles. The van der Waals surface area contributed by atoms with Gasteiger partial charge in [-0.25, -0.2) is 0 Å². The molecule has 0 aliphatic carbocycles. The van der Waals surface area contributed by atoms with Crippen molar-refractivity contribution in [1.82, 2.24) is 0 Å². The monoisotopic (exact) mass is 452 g/mol. The zero-order valence-corrected chi connectivity index (χ0v) is 19.7. The average molecular weight is 453 g/mol. The molecule has 0 aliphatic rings. The maximum absolute atomic E-state index is 14.9. The smallest absolute Gasteiger partial charge is 0.171 e. The first-order valence-corrected chi connectivity index (χ1v) is 13.0. The van der Waals surface area contributed by atoms with Crippen LogP contribution in [0.2, 0.25) is 0 Å². The maximum Gasteiger partial charge on any atom is 0.171 e. The van der Waals surface area contributed by atoms with Crippen LogP contribution in [0, 0.1) is 0 Å². The molecule has 0 spiro atoms. The van der Waals surface area contributed by atoms with Crippen LogP contribution in [0.4, 0.5) is 0 Å². The summed E-state index contributed by atoms with van der Waals surface area (Å²) in [4.78, 5) is 2.03. The fourth-order valence-electron chi connectivity index (χ4n) is 3.66. The van der Waals surface area contributed by atoms with Gasteiger partial charge < -0.3 is 4.57 Å². The molecular formula is C29H25OPS. The summed E-state index contributed by atoms with van der Waals surface area (Å²) in [5.74, 6) is 0. The summed E-state index contributed by atoms with van der Waals surface area (Å²) in [7, 11) is -3.16. The molecule has 0 saturated heterocycles. The summed E-state index contributed by atoms with van der Waals surface area (Å²) in [5, 5.41) is 2.25. The lowest BCUT2D eigenvalue weighted by atomic mass is 10.1. The second kappa shape index (κ2) is 10.0. The Labute approximate surface area is 194 Å². The summed E-state index contributed by atoms with van der Waals surface area (Å²) in [6.07, 6.45) is 0. The van der Waals surface area contributed by atoms with Gasteiger partial charge in [0.1, 0.15) is 0 Å². The predicted octanol–water partition coefficient (Wildman–Crippen LogP) is 7.74. The Morgan fingerprint density at radius 1 is 0.656 bits per heavy atom. The van der Waals surface area contributed by atoms with Crippen LogP contribution in [-0.4, -0.2) is 0 Å². The number of hydrogen-bond donors (Lipinski definition) is 0. The van der Waals surface area contributed by atoms with E-state index in [1.165, 1.54) is 0 Å². The molecular weight excluding hydrogens is 427 g/mol. The molecule has 158 valence electrons. The van der Waals surface area contributed by atoms with E-state index in [1.807, 2.05) is 97.1 Å². The summed E-state index contributed by atoms with van der Waals surface area (Å²) in [6.45, 7) is 6.57. The van der Waals surface area contributed by atoms with E-state index >= 15 is 0 Å². The van der Waals surface area contributed by atoms with Crippen molar-refractivity contribution in [2.75, 3.05) is 0 Å². The normalized spacial score (nSPS) is 12.2. The largest absolute Gasteiger partial charge is 0.309 e. The van der Waals surface area contributed by atoms with Crippen molar-refractivity contribution < 1.29 is 4.57 Å². The van der Waals surface area contributed by atoms with Crippen LogP contribution in [0.15, 0.2) is 143 Å². The molecule has 0 atom stereocenters. The van der Waals surface area contributed by atoms with E-state index in [9.17, 15) is 4.57 Å². The second-order valence-electron chi connectivity index (χ2n) is 7.46. The van der Waals surface area contributed by atoms with Crippen LogP contribution in [0.25, 0.3) is 5.57 Å². The highest BCUT2D eigenvalue weighted by Gasteiger charge is 2.33. The van der Waals surface area contributed by atoms with Gasteiger partial charge in [0.25, 0.3) is 0 Å². The summed E-state index contributed by atoms with van der Waals surface area (Å²) in [6, 6.07) is 39.9. The third kappa shape index (κ3) is 4.58. The van der Waals surface area contributed by atoms with Gasteiger partial charge >= 0.3 is 0 Å². The van der Waals surface area contributed by atoms with Gasteiger partial charge in [-0.1, -0.05) is 128 Å². The molecule has 0 aliphatic heterocycles. The van der Waals surface area contributed by atoms with Crippen molar-refractivity contribution in [3.8, 4) is 0 Å². The van der Waals surface area contributed by atoms with Crippen molar-refractivity contribution in [3.05, 3.63) is 144 Å². The Morgan fingerprint density at radius 2 is 1.06 bits per heavy atom. The molecule has 0 radical (unpaired) electrons. The van der Waals surface area contributed by atoms with Crippen LogP contribution in [0.3, 0.4) is 0 Å². The molecule has 32 heavy (non-hydrogen) atoms. The molecule has 0 heterocycles. The molecule has 0 aromatic heterocycles.